The van der Waals surface area contributed by atoms with Crippen LogP contribution in [0.3, 0.4) is 0 Å². The van der Waals surface area contributed by atoms with E-state index >= 15 is 0 Å². The minimum absolute atomic E-state index is 0.148. The average Bonchev–Trinajstić information content (AvgIpc) is 2.68. The molecule has 0 saturated carbocycles. The highest BCUT2D eigenvalue weighted by Crippen LogP contribution is 2.15. The van der Waals surface area contributed by atoms with Gasteiger partial charge in [-0.15, -0.1) is 0 Å². The largest absolute Gasteiger partial charge is 0.465 e. The molecule has 1 fully saturated rings. The van der Waals surface area contributed by atoms with Crippen molar-refractivity contribution in [3.8, 4) is 0 Å². The SMILES string of the molecule is COC(=O)c1ccc(Nc2cnc(C(=O)N3CCOCC3)cn2)cc1. The Morgan fingerprint density at radius 2 is 1.84 bits per heavy atom. The van der Waals surface area contributed by atoms with Gasteiger partial charge < -0.3 is 19.7 Å². The van der Waals surface area contributed by atoms with Gasteiger partial charge in [0.15, 0.2) is 0 Å². The van der Waals surface area contributed by atoms with E-state index in [4.69, 9.17) is 4.74 Å². The molecule has 0 bridgehead atoms. The van der Waals surface area contributed by atoms with Gasteiger partial charge >= 0.3 is 5.97 Å². The number of carbonyl (C=O) groups excluding carboxylic acids is 2. The van der Waals surface area contributed by atoms with Crippen LogP contribution in [0.5, 0.6) is 0 Å². The molecule has 1 aromatic heterocycles. The maximum Gasteiger partial charge on any atom is 0.337 e. The van der Waals surface area contributed by atoms with Crippen molar-refractivity contribution in [3.63, 3.8) is 0 Å². The summed E-state index contributed by atoms with van der Waals surface area (Å²) in [7, 11) is 1.34. The van der Waals surface area contributed by atoms with Gasteiger partial charge in [0.1, 0.15) is 11.5 Å². The standard InChI is InChI=1S/C17H18N4O4/c1-24-17(23)12-2-4-13(5-3-12)20-15-11-18-14(10-19-15)16(22)21-6-8-25-9-7-21/h2-5,10-11H,6-9H2,1H3,(H,19,20). The number of benzene rings is 1. The van der Waals surface area contributed by atoms with Crippen molar-refractivity contribution in [2.75, 3.05) is 38.7 Å². The fourth-order valence-corrected chi connectivity index (χ4v) is 2.39. The van der Waals surface area contributed by atoms with Gasteiger partial charge in [-0.1, -0.05) is 0 Å². The number of aromatic nitrogens is 2. The average molecular weight is 342 g/mol. The number of nitrogens with one attached hydrogen (secondary N) is 1. The molecule has 2 heterocycles. The molecule has 1 N–H and O–H groups in total. The lowest BCUT2D eigenvalue weighted by Gasteiger charge is -2.26. The van der Waals surface area contributed by atoms with Gasteiger partial charge in [0.2, 0.25) is 0 Å². The molecule has 2 aromatic rings. The Morgan fingerprint density at radius 3 is 2.44 bits per heavy atom. The lowest BCUT2D eigenvalue weighted by atomic mass is 10.2. The maximum absolute atomic E-state index is 12.3. The number of esters is 1. The Bertz CT molecular complexity index is 740. The number of nitrogens with zero attached hydrogens (tertiary/aromatic N) is 3. The van der Waals surface area contributed by atoms with E-state index in [-0.39, 0.29) is 5.91 Å². The van der Waals surface area contributed by atoms with Crippen LogP contribution >= 0.6 is 0 Å². The van der Waals surface area contributed by atoms with E-state index in [0.29, 0.717) is 43.4 Å². The lowest BCUT2D eigenvalue weighted by molar-refractivity contribution is 0.0298. The fourth-order valence-electron chi connectivity index (χ4n) is 2.39. The monoisotopic (exact) mass is 342 g/mol. The summed E-state index contributed by atoms with van der Waals surface area (Å²) in [5.41, 5.74) is 1.51. The zero-order valence-corrected chi connectivity index (χ0v) is 13.8. The van der Waals surface area contributed by atoms with Gasteiger partial charge in [-0.25, -0.2) is 14.8 Å². The van der Waals surface area contributed by atoms with E-state index in [1.807, 2.05) is 0 Å². The first-order valence-corrected chi connectivity index (χ1v) is 7.82. The van der Waals surface area contributed by atoms with E-state index in [1.165, 1.54) is 19.5 Å². The molecule has 0 spiro atoms. The van der Waals surface area contributed by atoms with Gasteiger partial charge in [0.25, 0.3) is 5.91 Å². The van der Waals surface area contributed by atoms with Crippen LogP contribution in [0.4, 0.5) is 11.5 Å². The number of rotatable bonds is 4. The molecule has 8 nitrogen and oxygen atoms in total. The van der Waals surface area contributed by atoms with Crippen molar-refractivity contribution < 1.29 is 19.1 Å². The molecule has 8 heteroatoms. The summed E-state index contributed by atoms with van der Waals surface area (Å²) in [4.78, 5) is 33.8. The zero-order chi connectivity index (χ0) is 17.6. The first-order chi connectivity index (χ1) is 12.2. The van der Waals surface area contributed by atoms with Crippen molar-refractivity contribution in [2.45, 2.75) is 0 Å². The molecule has 3 rings (SSSR count). The second-order valence-electron chi connectivity index (χ2n) is 5.39. The van der Waals surface area contributed by atoms with Crippen molar-refractivity contribution >= 4 is 23.4 Å². The number of amides is 1. The van der Waals surface area contributed by atoms with Crippen LogP contribution in [0, 0.1) is 0 Å². The second kappa shape index (κ2) is 7.71. The van der Waals surface area contributed by atoms with Gasteiger partial charge in [0.05, 0.1) is 38.3 Å². The predicted octanol–water partition coefficient (Wildman–Crippen LogP) is 1.48. The third-order valence-corrected chi connectivity index (χ3v) is 3.75. The predicted molar refractivity (Wildman–Crippen MR) is 89.8 cm³/mol. The minimum atomic E-state index is -0.391. The Kier molecular flexibility index (Phi) is 5.20. The van der Waals surface area contributed by atoms with Crippen LogP contribution < -0.4 is 5.32 Å². The van der Waals surface area contributed by atoms with Gasteiger partial charge in [-0.05, 0) is 24.3 Å². The smallest absolute Gasteiger partial charge is 0.337 e. The molecule has 0 radical (unpaired) electrons. The molecule has 130 valence electrons. The first kappa shape index (κ1) is 16.8. The van der Waals surface area contributed by atoms with Crippen molar-refractivity contribution in [1.29, 1.82) is 0 Å². The summed E-state index contributed by atoms with van der Waals surface area (Å²) in [6.45, 7) is 2.21. The molecule has 1 aliphatic rings. The molecular formula is C17H18N4O4. The van der Waals surface area contributed by atoms with Crippen LogP contribution in [0.2, 0.25) is 0 Å². The van der Waals surface area contributed by atoms with E-state index in [2.05, 4.69) is 20.0 Å². The number of carbonyl (C=O) groups is 2. The van der Waals surface area contributed by atoms with E-state index in [0.717, 1.165) is 5.69 Å². The second-order valence-corrected chi connectivity index (χ2v) is 5.39. The highest BCUT2D eigenvalue weighted by molar-refractivity contribution is 5.92. The van der Waals surface area contributed by atoms with Crippen LogP contribution in [-0.2, 0) is 9.47 Å². The third-order valence-electron chi connectivity index (χ3n) is 3.75. The Labute approximate surface area is 144 Å². The topological polar surface area (TPSA) is 93.6 Å². The number of hydrogen-bond donors (Lipinski definition) is 1. The summed E-state index contributed by atoms with van der Waals surface area (Å²) in [5.74, 6) is -0.0357. The number of morpholine rings is 1. The Hall–Kier alpha value is -3.00. The van der Waals surface area contributed by atoms with Crippen LogP contribution in [-0.4, -0.2) is 60.2 Å². The Balaban J connectivity index is 1.64. The van der Waals surface area contributed by atoms with Crippen LogP contribution in [0.15, 0.2) is 36.7 Å². The summed E-state index contributed by atoms with van der Waals surface area (Å²) < 4.78 is 9.89. The molecule has 1 amide bonds. The minimum Gasteiger partial charge on any atom is -0.465 e. The molecule has 1 saturated heterocycles. The molecule has 0 aliphatic carbocycles. The van der Waals surface area contributed by atoms with Gasteiger partial charge in [-0.3, -0.25) is 4.79 Å². The number of ether oxygens (including phenoxy) is 2. The van der Waals surface area contributed by atoms with Crippen molar-refractivity contribution in [2.24, 2.45) is 0 Å². The third kappa shape index (κ3) is 4.10. The Morgan fingerprint density at radius 1 is 1.12 bits per heavy atom. The van der Waals surface area contributed by atoms with Crippen molar-refractivity contribution in [1.82, 2.24) is 14.9 Å². The van der Waals surface area contributed by atoms with E-state index in [1.54, 1.807) is 29.2 Å². The van der Waals surface area contributed by atoms with Crippen molar-refractivity contribution in [3.05, 3.63) is 47.9 Å². The number of methoxy groups -OCH3 is 1. The molecular weight excluding hydrogens is 324 g/mol. The van der Waals surface area contributed by atoms with Gasteiger partial charge in [0, 0.05) is 18.8 Å². The zero-order valence-electron chi connectivity index (χ0n) is 13.8. The summed E-state index contributed by atoms with van der Waals surface area (Å²) >= 11 is 0. The van der Waals surface area contributed by atoms with Crippen LogP contribution in [0.25, 0.3) is 0 Å². The quantitative estimate of drug-likeness (QED) is 0.841. The summed E-state index contributed by atoms with van der Waals surface area (Å²) in [5, 5.41) is 3.06. The summed E-state index contributed by atoms with van der Waals surface area (Å²) in [6.07, 6.45) is 2.95. The molecule has 0 unspecified atom stereocenters. The fraction of sp³-hybridized carbons (Fsp3) is 0.294. The lowest BCUT2D eigenvalue weighted by Crippen LogP contribution is -2.41. The number of hydrogen-bond acceptors (Lipinski definition) is 7. The molecule has 1 aromatic carbocycles. The first-order valence-electron chi connectivity index (χ1n) is 7.82. The number of anilines is 2. The van der Waals surface area contributed by atoms with E-state index in [9.17, 15) is 9.59 Å². The van der Waals surface area contributed by atoms with E-state index < -0.39 is 5.97 Å². The normalized spacial score (nSPS) is 14.0. The van der Waals surface area contributed by atoms with Crippen LogP contribution in [0.1, 0.15) is 20.8 Å². The molecule has 1 aliphatic heterocycles. The molecule has 0 atom stereocenters. The van der Waals surface area contributed by atoms with Gasteiger partial charge in [-0.2, -0.15) is 0 Å². The highest BCUT2D eigenvalue weighted by atomic mass is 16.5. The molecule has 25 heavy (non-hydrogen) atoms. The maximum atomic E-state index is 12.3. The highest BCUT2D eigenvalue weighted by Gasteiger charge is 2.19. The summed E-state index contributed by atoms with van der Waals surface area (Å²) in [6, 6.07) is 6.78.